The van der Waals surface area contributed by atoms with Crippen LogP contribution in [-0.4, -0.2) is 17.5 Å². The molecule has 3 rings (SSSR count). The molecule has 1 N–H and O–H groups in total. The van der Waals surface area contributed by atoms with Crippen LogP contribution < -0.4 is 5.32 Å². The normalized spacial score (nSPS) is 19.6. The molecule has 24 heavy (non-hydrogen) atoms. The van der Waals surface area contributed by atoms with Crippen molar-refractivity contribution in [3.8, 4) is 0 Å². The monoisotopic (exact) mass is 323 g/mol. The molecule has 1 heterocycles. The summed E-state index contributed by atoms with van der Waals surface area (Å²) < 4.78 is 5.45. The van der Waals surface area contributed by atoms with Gasteiger partial charge in [-0.05, 0) is 42.2 Å². The van der Waals surface area contributed by atoms with Crippen molar-refractivity contribution in [2.24, 2.45) is 0 Å². The number of hydrogen-bond donors (Lipinski definition) is 1. The second-order valence-electron chi connectivity index (χ2n) is 6.69. The van der Waals surface area contributed by atoms with Crippen molar-refractivity contribution in [3.63, 3.8) is 0 Å². The molecule has 1 aliphatic rings. The van der Waals surface area contributed by atoms with Crippen LogP contribution in [0.4, 0.5) is 5.69 Å². The van der Waals surface area contributed by atoms with E-state index in [1.54, 1.807) is 19.1 Å². The van der Waals surface area contributed by atoms with Gasteiger partial charge in [0.2, 0.25) is 0 Å². The molecule has 124 valence electrons. The molecule has 4 nitrogen and oxygen atoms in total. The van der Waals surface area contributed by atoms with Gasteiger partial charge in [0.25, 0.3) is 5.91 Å². The number of cyclic esters (lactones) is 1. The van der Waals surface area contributed by atoms with Crippen LogP contribution in [0.25, 0.3) is 0 Å². The molecule has 0 saturated carbocycles. The summed E-state index contributed by atoms with van der Waals surface area (Å²) in [6, 6.07) is 15.0. The molecule has 1 amide bonds. The zero-order chi connectivity index (χ0) is 17.3. The fourth-order valence-corrected chi connectivity index (χ4v) is 2.87. The van der Waals surface area contributed by atoms with Crippen molar-refractivity contribution in [2.75, 3.05) is 5.32 Å². The Labute approximate surface area is 141 Å². The van der Waals surface area contributed by atoms with Crippen LogP contribution in [0.15, 0.2) is 48.5 Å². The Bertz CT molecular complexity index is 780. The van der Waals surface area contributed by atoms with Gasteiger partial charge in [0.15, 0.2) is 5.60 Å². The summed E-state index contributed by atoms with van der Waals surface area (Å²) in [6.45, 7) is 5.89. The predicted molar refractivity (Wildman–Crippen MR) is 93.1 cm³/mol. The molecular formula is C20H21NO3. The third-order valence-electron chi connectivity index (χ3n) is 4.40. The molecule has 0 fully saturated rings. The maximum Gasteiger partial charge on any atom is 0.339 e. The van der Waals surface area contributed by atoms with Crippen molar-refractivity contribution < 1.29 is 14.3 Å². The van der Waals surface area contributed by atoms with Crippen molar-refractivity contribution >= 4 is 17.6 Å². The number of esters is 1. The maximum absolute atomic E-state index is 12.7. The molecule has 0 unspecified atom stereocenters. The first kappa shape index (κ1) is 16.2. The summed E-state index contributed by atoms with van der Waals surface area (Å²) >= 11 is 0. The minimum atomic E-state index is -1.21. The lowest BCUT2D eigenvalue weighted by Crippen LogP contribution is -2.48. The number of hydrogen-bond acceptors (Lipinski definition) is 3. The van der Waals surface area contributed by atoms with E-state index in [4.69, 9.17) is 4.74 Å². The molecular weight excluding hydrogens is 302 g/mol. The molecule has 2 aromatic carbocycles. The number of benzene rings is 2. The highest BCUT2D eigenvalue weighted by Crippen LogP contribution is 2.29. The smallest absolute Gasteiger partial charge is 0.339 e. The van der Waals surface area contributed by atoms with Crippen LogP contribution in [-0.2, 0) is 16.0 Å². The quantitative estimate of drug-likeness (QED) is 0.871. The van der Waals surface area contributed by atoms with Crippen LogP contribution >= 0.6 is 0 Å². The number of fused-ring (bicyclic) bond motifs is 1. The van der Waals surface area contributed by atoms with E-state index in [9.17, 15) is 9.59 Å². The van der Waals surface area contributed by atoms with E-state index >= 15 is 0 Å². The minimum absolute atomic E-state index is 0.317. The average molecular weight is 323 g/mol. The first-order valence-corrected chi connectivity index (χ1v) is 8.12. The number of nitrogens with one attached hydrogen (secondary N) is 1. The van der Waals surface area contributed by atoms with Crippen LogP contribution in [0, 0.1) is 0 Å². The van der Waals surface area contributed by atoms with E-state index in [0.717, 1.165) is 5.56 Å². The van der Waals surface area contributed by atoms with Gasteiger partial charge in [-0.1, -0.05) is 44.2 Å². The van der Waals surface area contributed by atoms with Gasteiger partial charge in [-0.25, -0.2) is 4.79 Å². The summed E-state index contributed by atoms with van der Waals surface area (Å²) in [5.41, 5.74) is 2.06. The molecule has 0 bridgehead atoms. The van der Waals surface area contributed by atoms with E-state index in [0.29, 0.717) is 23.6 Å². The molecule has 0 aromatic heterocycles. The molecule has 0 radical (unpaired) electrons. The number of carbonyl (C=O) groups excluding carboxylic acids is 2. The van der Waals surface area contributed by atoms with Crippen molar-refractivity contribution in [2.45, 2.75) is 38.7 Å². The van der Waals surface area contributed by atoms with Gasteiger partial charge in [0, 0.05) is 12.1 Å². The fourth-order valence-electron chi connectivity index (χ4n) is 2.87. The van der Waals surface area contributed by atoms with Gasteiger partial charge < -0.3 is 10.1 Å². The molecule has 2 aromatic rings. The molecule has 1 aliphatic heterocycles. The Hall–Kier alpha value is -2.62. The minimum Gasteiger partial charge on any atom is -0.445 e. The first-order chi connectivity index (χ1) is 11.4. The summed E-state index contributed by atoms with van der Waals surface area (Å²) in [4.78, 5) is 24.9. The van der Waals surface area contributed by atoms with Gasteiger partial charge >= 0.3 is 5.97 Å². The highest BCUT2D eigenvalue weighted by molar-refractivity contribution is 6.02. The zero-order valence-electron chi connectivity index (χ0n) is 14.1. The van der Waals surface area contributed by atoms with E-state index < -0.39 is 11.6 Å². The first-order valence-electron chi connectivity index (χ1n) is 8.12. The van der Waals surface area contributed by atoms with Crippen molar-refractivity contribution in [3.05, 3.63) is 65.2 Å². The second kappa shape index (κ2) is 6.11. The van der Waals surface area contributed by atoms with Gasteiger partial charge in [-0.2, -0.15) is 0 Å². The lowest BCUT2D eigenvalue weighted by Gasteiger charge is -2.33. The zero-order valence-corrected chi connectivity index (χ0v) is 14.1. The molecule has 4 heteroatoms. The maximum atomic E-state index is 12.7. The summed E-state index contributed by atoms with van der Waals surface area (Å²) in [5.74, 6) is -0.338. The lowest BCUT2D eigenvalue weighted by molar-refractivity contribution is -0.134. The molecule has 0 spiro atoms. The molecule has 0 aliphatic carbocycles. The summed E-state index contributed by atoms with van der Waals surface area (Å²) in [5, 5.41) is 2.85. The van der Waals surface area contributed by atoms with E-state index in [-0.39, 0.29) is 5.91 Å². The standard InChI is InChI=1S/C20H21NO3/c1-13(2)14-8-10-16(11-9-14)21-19(23)20(3)12-15-6-4-5-7-17(15)18(22)24-20/h4-11,13H,12H2,1-3H3,(H,21,23)/t20-/m0/s1. The van der Waals surface area contributed by atoms with E-state index in [2.05, 4.69) is 19.2 Å². The number of ether oxygens (including phenoxy) is 1. The van der Waals surface area contributed by atoms with Crippen LogP contribution in [0.2, 0.25) is 0 Å². The third kappa shape index (κ3) is 3.04. The molecule has 0 saturated heterocycles. The fraction of sp³-hybridized carbons (Fsp3) is 0.300. The Balaban J connectivity index is 1.78. The Morgan fingerprint density at radius 2 is 1.79 bits per heavy atom. The second-order valence-corrected chi connectivity index (χ2v) is 6.69. The van der Waals surface area contributed by atoms with Gasteiger partial charge in [0.1, 0.15) is 0 Å². The van der Waals surface area contributed by atoms with Gasteiger partial charge in [-0.15, -0.1) is 0 Å². The number of amides is 1. The van der Waals surface area contributed by atoms with E-state index in [1.165, 1.54) is 5.56 Å². The SMILES string of the molecule is CC(C)c1ccc(NC(=O)[C@]2(C)Cc3ccccc3C(=O)O2)cc1. The van der Waals surface area contributed by atoms with Gasteiger partial charge in [0.05, 0.1) is 5.56 Å². The van der Waals surface area contributed by atoms with Crippen molar-refractivity contribution in [1.82, 2.24) is 0 Å². The summed E-state index contributed by atoms with van der Waals surface area (Å²) in [6.07, 6.45) is 0.366. The largest absolute Gasteiger partial charge is 0.445 e. The van der Waals surface area contributed by atoms with Crippen LogP contribution in [0.3, 0.4) is 0 Å². The lowest BCUT2D eigenvalue weighted by atomic mass is 9.89. The average Bonchev–Trinajstić information content (AvgIpc) is 2.55. The number of rotatable bonds is 3. The predicted octanol–water partition coefficient (Wildman–Crippen LogP) is 3.92. The highest BCUT2D eigenvalue weighted by atomic mass is 16.6. The summed E-state index contributed by atoms with van der Waals surface area (Å²) in [7, 11) is 0. The van der Waals surface area contributed by atoms with E-state index in [1.807, 2.05) is 36.4 Å². The van der Waals surface area contributed by atoms with Gasteiger partial charge in [-0.3, -0.25) is 4.79 Å². The highest BCUT2D eigenvalue weighted by Gasteiger charge is 2.42. The Morgan fingerprint density at radius 1 is 1.12 bits per heavy atom. The Morgan fingerprint density at radius 3 is 2.46 bits per heavy atom. The topological polar surface area (TPSA) is 55.4 Å². The number of anilines is 1. The van der Waals surface area contributed by atoms with Crippen molar-refractivity contribution in [1.29, 1.82) is 0 Å². The van der Waals surface area contributed by atoms with Crippen LogP contribution in [0.5, 0.6) is 0 Å². The Kier molecular flexibility index (Phi) is 4.14. The third-order valence-corrected chi connectivity index (χ3v) is 4.40. The molecule has 1 atom stereocenters. The van der Waals surface area contributed by atoms with Crippen LogP contribution in [0.1, 0.15) is 48.2 Å². The number of carbonyl (C=O) groups is 2.